The van der Waals surface area contributed by atoms with E-state index in [2.05, 4.69) is 11.1 Å². The number of aromatic nitrogens is 1. The lowest BCUT2D eigenvalue weighted by Crippen LogP contribution is -2.37. The van der Waals surface area contributed by atoms with Crippen LogP contribution in [0.1, 0.15) is 24.8 Å². The van der Waals surface area contributed by atoms with Crippen molar-refractivity contribution in [1.29, 1.82) is 0 Å². The molecule has 1 aromatic rings. The van der Waals surface area contributed by atoms with Crippen molar-refractivity contribution in [2.24, 2.45) is 0 Å². The van der Waals surface area contributed by atoms with Gasteiger partial charge in [-0.15, -0.1) is 0 Å². The Morgan fingerprint density at radius 1 is 1.55 bits per heavy atom. The highest BCUT2D eigenvalue weighted by molar-refractivity contribution is 5.25. The van der Waals surface area contributed by atoms with Gasteiger partial charge in [0, 0.05) is 17.8 Å². The smallest absolute Gasteiger partial charge is 0.0528 e. The minimum absolute atomic E-state index is 0.111. The summed E-state index contributed by atoms with van der Waals surface area (Å²) in [5.74, 6) is 0. The summed E-state index contributed by atoms with van der Waals surface area (Å²) >= 11 is 0. The van der Waals surface area contributed by atoms with E-state index in [4.69, 9.17) is 0 Å². The normalized spacial score (nSPS) is 21.2. The molecule has 0 spiro atoms. The van der Waals surface area contributed by atoms with Crippen molar-refractivity contribution in [3.8, 4) is 0 Å². The number of hydrogen-bond acceptors (Lipinski definition) is 1. The number of aromatic amines is 1. The van der Waals surface area contributed by atoms with Gasteiger partial charge in [-0.3, -0.25) is 0 Å². The van der Waals surface area contributed by atoms with Crippen LogP contribution >= 0.6 is 0 Å². The monoisotopic (exact) mass is 151 g/mol. The highest BCUT2D eigenvalue weighted by atomic mass is 16.3. The molecule has 0 bridgehead atoms. The summed E-state index contributed by atoms with van der Waals surface area (Å²) in [6.45, 7) is 0.296. The fraction of sp³-hybridized carbons (Fsp3) is 0.556. The third-order valence-electron chi connectivity index (χ3n) is 2.82. The molecule has 0 aliphatic heterocycles. The number of aliphatic hydroxyl groups excluding tert-OH is 1. The topological polar surface area (TPSA) is 36.0 Å². The van der Waals surface area contributed by atoms with Gasteiger partial charge >= 0.3 is 0 Å². The molecule has 2 rings (SSSR count). The van der Waals surface area contributed by atoms with Crippen molar-refractivity contribution >= 4 is 0 Å². The second kappa shape index (κ2) is 2.38. The quantitative estimate of drug-likeness (QED) is 0.659. The van der Waals surface area contributed by atoms with Gasteiger partial charge < -0.3 is 10.1 Å². The number of H-pyrrole nitrogens is 1. The molecule has 0 radical (unpaired) electrons. The van der Waals surface area contributed by atoms with E-state index in [9.17, 15) is 5.11 Å². The average molecular weight is 151 g/mol. The molecule has 0 unspecified atom stereocenters. The Labute approximate surface area is 66.3 Å². The van der Waals surface area contributed by atoms with Gasteiger partial charge in [-0.2, -0.15) is 0 Å². The molecule has 0 saturated heterocycles. The first-order chi connectivity index (χ1) is 5.37. The van der Waals surface area contributed by atoms with Gasteiger partial charge in [-0.1, -0.05) is 6.42 Å². The summed E-state index contributed by atoms with van der Waals surface area (Å²) in [7, 11) is 0. The van der Waals surface area contributed by atoms with Crippen LogP contribution in [0.3, 0.4) is 0 Å². The molecule has 0 amide bonds. The van der Waals surface area contributed by atoms with Crippen LogP contribution in [0.4, 0.5) is 0 Å². The van der Waals surface area contributed by atoms with Crippen LogP contribution in [0.15, 0.2) is 18.5 Å². The van der Waals surface area contributed by atoms with E-state index in [1.165, 1.54) is 12.0 Å². The Bertz CT molecular complexity index is 218. The SMILES string of the molecule is OCC1(c2cc[nH]c2)CCC1. The van der Waals surface area contributed by atoms with E-state index >= 15 is 0 Å². The van der Waals surface area contributed by atoms with Crippen molar-refractivity contribution in [2.45, 2.75) is 24.7 Å². The lowest BCUT2D eigenvalue weighted by Gasteiger charge is -2.39. The summed E-state index contributed by atoms with van der Waals surface area (Å²) in [6.07, 6.45) is 7.45. The number of aliphatic hydroxyl groups is 1. The van der Waals surface area contributed by atoms with Gasteiger partial charge in [0.25, 0.3) is 0 Å². The maximum absolute atomic E-state index is 9.19. The Balaban J connectivity index is 2.25. The van der Waals surface area contributed by atoms with Crippen molar-refractivity contribution in [3.05, 3.63) is 24.0 Å². The van der Waals surface area contributed by atoms with Crippen LogP contribution in [-0.2, 0) is 5.41 Å². The van der Waals surface area contributed by atoms with Gasteiger partial charge in [0.05, 0.1) is 6.61 Å². The van der Waals surface area contributed by atoms with Crippen LogP contribution in [0, 0.1) is 0 Å². The highest BCUT2D eigenvalue weighted by Crippen LogP contribution is 2.42. The fourth-order valence-electron chi connectivity index (χ4n) is 1.80. The molecule has 0 atom stereocenters. The van der Waals surface area contributed by atoms with Gasteiger partial charge in [-0.05, 0) is 24.5 Å². The predicted octanol–water partition coefficient (Wildman–Crippen LogP) is 1.43. The summed E-state index contributed by atoms with van der Waals surface area (Å²) in [5.41, 5.74) is 1.38. The van der Waals surface area contributed by atoms with Crippen LogP contribution in [0.25, 0.3) is 0 Å². The lowest BCUT2D eigenvalue weighted by molar-refractivity contribution is 0.120. The fourth-order valence-corrected chi connectivity index (χ4v) is 1.80. The van der Waals surface area contributed by atoms with Crippen LogP contribution in [-0.4, -0.2) is 16.7 Å². The third kappa shape index (κ3) is 0.897. The zero-order chi connectivity index (χ0) is 7.73. The molecule has 0 aromatic carbocycles. The van der Waals surface area contributed by atoms with E-state index in [-0.39, 0.29) is 5.41 Å². The third-order valence-corrected chi connectivity index (χ3v) is 2.82. The maximum atomic E-state index is 9.19. The zero-order valence-corrected chi connectivity index (χ0v) is 6.51. The maximum Gasteiger partial charge on any atom is 0.0528 e. The predicted molar refractivity (Wildman–Crippen MR) is 43.4 cm³/mol. The molecule has 2 heteroatoms. The molecule has 1 aromatic heterocycles. The summed E-state index contributed by atoms with van der Waals surface area (Å²) < 4.78 is 0. The highest BCUT2D eigenvalue weighted by Gasteiger charge is 2.38. The largest absolute Gasteiger partial charge is 0.395 e. The van der Waals surface area contributed by atoms with E-state index < -0.39 is 0 Å². The molecule has 11 heavy (non-hydrogen) atoms. The van der Waals surface area contributed by atoms with Crippen LogP contribution in [0.2, 0.25) is 0 Å². The molecule has 1 saturated carbocycles. The second-order valence-electron chi connectivity index (χ2n) is 3.39. The second-order valence-corrected chi connectivity index (χ2v) is 3.39. The molecule has 60 valence electrons. The Kier molecular flexibility index (Phi) is 1.50. The van der Waals surface area contributed by atoms with E-state index in [0.29, 0.717) is 6.61 Å². The standard InChI is InChI=1S/C9H13NO/c11-7-9(3-1-4-9)8-2-5-10-6-8/h2,5-6,10-11H,1,3-4,7H2. The van der Waals surface area contributed by atoms with Gasteiger partial charge in [0.1, 0.15) is 0 Å². The molecule has 1 fully saturated rings. The first-order valence-electron chi connectivity index (χ1n) is 4.11. The van der Waals surface area contributed by atoms with Crippen molar-refractivity contribution < 1.29 is 5.11 Å². The number of rotatable bonds is 2. The first kappa shape index (κ1) is 6.92. The summed E-state index contributed by atoms with van der Waals surface area (Å²) in [6, 6.07) is 2.06. The van der Waals surface area contributed by atoms with Gasteiger partial charge in [0.15, 0.2) is 0 Å². The van der Waals surface area contributed by atoms with E-state index in [1.54, 1.807) is 0 Å². The number of hydrogen-bond donors (Lipinski definition) is 2. The molecular formula is C9H13NO. The van der Waals surface area contributed by atoms with Crippen molar-refractivity contribution in [1.82, 2.24) is 4.98 Å². The van der Waals surface area contributed by atoms with Gasteiger partial charge in [0.2, 0.25) is 0 Å². The summed E-state index contributed by atoms with van der Waals surface area (Å²) in [5, 5.41) is 9.19. The first-order valence-corrected chi connectivity index (χ1v) is 4.11. The molecule has 2 N–H and O–H groups in total. The average Bonchev–Trinajstić information content (AvgIpc) is 2.39. The molecule has 2 nitrogen and oxygen atoms in total. The van der Waals surface area contributed by atoms with Crippen molar-refractivity contribution in [3.63, 3.8) is 0 Å². The summed E-state index contributed by atoms with van der Waals surface area (Å²) in [4.78, 5) is 3.03. The zero-order valence-electron chi connectivity index (χ0n) is 6.51. The molecular weight excluding hydrogens is 138 g/mol. The van der Waals surface area contributed by atoms with Crippen molar-refractivity contribution in [2.75, 3.05) is 6.61 Å². The Hall–Kier alpha value is -0.760. The minimum atomic E-state index is 0.111. The molecule has 1 aliphatic carbocycles. The van der Waals surface area contributed by atoms with Crippen LogP contribution in [0.5, 0.6) is 0 Å². The molecule has 1 aliphatic rings. The van der Waals surface area contributed by atoms with Crippen LogP contribution < -0.4 is 0 Å². The Morgan fingerprint density at radius 3 is 2.73 bits per heavy atom. The van der Waals surface area contributed by atoms with E-state index in [0.717, 1.165) is 12.8 Å². The van der Waals surface area contributed by atoms with Gasteiger partial charge in [-0.25, -0.2) is 0 Å². The minimum Gasteiger partial charge on any atom is -0.395 e. The molecule has 1 heterocycles. The number of nitrogens with one attached hydrogen (secondary N) is 1. The Morgan fingerprint density at radius 2 is 2.36 bits per heavy atom. The lowest BCUT2D eigenvalue weighted by atomic mass is 9.66. The van der Waals surface area contributed by atoms with E-state index in [1.807, 2.05) is 12.4 Å².